The van der Waals surface area contributed by atoms with Gasteiger partial charge >= 0.3 is 0 Å². The molecule has 0 aliphatic heterocycles. The van der Waals surface area contributed by atoms with Gasteiger partial charge in [-0.3, -0.25) is 10.0 Å². The summed E-state index contributed by atoms with van der Waals surface area (Å²) < 4.78 is 0. The molecule has 0 N–H and O–H groups in total. The Hall–Kier alpha value is -5.16. The molecule has 0 spiro atoms. The van der Waals surface area contributed by atoms with Gasteiger partial charge in [-0.2, -0.15) is 10.2 Å². The molecule has 0 amide bonds. The summed E-state index contributed by atoms with van der Waals surface area (Å²) in [5.74, 6) is 0. The van der Waals surface area contributed by atoms with Crippen molar-refractivity contribution in [3.63, 3.8) is 0 Å². The van der Waals surface area contributed by atoms with E-state index in [1.54, 1.807) is 0 Å². The van der Waals surface area contributed by atoms with Gasteiger partial charge in [0.15, 0.2) is 0 Å². The summed E-state index contributed by atoms with van der Waals surface area (Å²) in [7, 11) is 0. The number of unbranched alkanes of at least 4 members (excludes halogenated alkanes) is 12. The molecule has 55 heavy (non-hydrogen) atoms. The maximum atomic E-state index is 4.97. The van der Waals surface area contributed by atoms with E-state index in [0.717, 1.165) is 65.5 Å². The molecule has 0 heterocycles. The van der Waals surface area contributed by atoms with Gasteiger partial charge in [0.25, 0.3) is 0 Å². The first-order valence-electron chi connectivity index (χ1n) is 21.0. The lowest BCUT2D eigenvalue weighted by atomic mass is 10.1. The van der Waals surface area contributed by atoms with E-state index in [1.807, 2.05) is 12.4 Å². The summed E-state index contributed by atoms with van der Waals surface area (Å²) in [6.07, 6.45) is 22.0. The summed E-state index contributed by atoms with van der Waals surface area (Å²) in [4.78, 5) is 2.30. The highest BCUT2D eigenvalue weighted by atomic mass is 15.5. The zero-order chi connectivity index (χ0) is 38.2. The standard InChI is InChI=1S/C50H63N5/c1-3-5-7-9-11-13-24-40-53(46-26-18-15-19-27-46)51-42-44-32-36-49(37-33-44)55(48-30-22-17-23-31-48)50-38-34-45(35-39-50)43-52-54(47-28-20-16-21-29-47)41-25-14-12-10-8-6-4-2/h15-23,26-39,42-43H,3-14,24-25,40-41H2,1-2H3. The van der Waals surface area contributed by atoms with E-state index >= 15 is 0 Å². The minimum Gasteiger partial charge on any atom is -0.311 e. The lowest BCUT2D eigenvalue weighted by Gasteiger charge is -2.25. The Morgan fingerprint density at radius 3 is 1.02 bits per heavy atom. The van der Waals surface area contributed by atoms with E-state index in [1.165, 1.54) is 77.0 Å². The van der Waals surface area contributed by atoms with E-state index in [2.05, 4.69) is 168 Å². The number of hydrogen-bond donors (Lipinski definition) is 0. The van der Waals surface area contributed by atoms with Gasteiger partial charge in [-0.1, -0.05) is 170 Å². The first-order chi connectivity index (χ1) is 27.2. The fourth-order valence-electron chi connectivity index (χ4n) is 6.86. The van der Waals surface area contributed by atoms with Gasteiger partial charge in [-0.05, 0) is 84.6 Å². The van der Waals surface area contributed by atoms with Crippen molar-refractivity contribution in [3.05, 3.63) is 151 Å². The summed E-state index contributed by atoms with van der Waals surface area (Å²) in [6, 6.07) is 49.1. The van der Waals surface area contributed by atoms with Crippen LogP contribution in [0.2, 0.25) is 0 Å². The first kappa shape index (κ1) is 41.0. The van der Waals surface area contributed by atoms with Gasteiger partial charge in [-0.15, -0.1) is 0 Å². The molecule has 0 aromatic heterocycles. The molecule has 5 aromatic carbocycles. The molecule has 0 unspecified atom stereocenters. The minimum atomic E-state index is 0.915. The predicted octanol–water partition coefficient (Wildman–Crippen LogP) is 14.3. The molecular weight excluding hydrogens is 671 g/mol. The van der Waals surface area contributed by atoms with Gasteiger partial charge < -0.3 is 4.90 Å². The van der Waals surface area contributed by atoms with Crippen LogP contribution in [0.4, 0.5) is 28.4 Å². The summed E-state index contributed by atoms with van der Waals surface area (Å²) in [5, 5.41) is 14.2. The maximum absolute atomic E-state index is 4.97. The second kappa shape index (κ2) is 24.3. The zero-order valence-electron chi connectivity index (χ0n) is 33.5. The van der Waals surface area contributed by atoms with Gasteiger partial charge in [-0.25, -0.2) is 0 Å². The largest absolute Gasteiger partial charge is 0.311 e. The lowest BCUT2D eigenvalue weighted by molar-refractivity contribution is 0.585. The van der Waals surface area contributed by atoms with Crippen LogP contribution in [0.3, 0.4) is 0 Å². The van der Waals surface area contributed by atoms with Crippen molar-refractivity contribution in [2.75, 3.05) is 28.0 Å². The molecule has 0 radical (unpaired) electrons. The summed E-state index contributed by atoms with van der Waals surface area (Å²) in [5.41, 5.74) is 7.71. The highest BCUT2D eigenvalue weighted by Crippen LogP contribution is 2.34. The SMILES string of the molecule is CCCCCCCCCN(N=Cc1ccc(N(c2ccccc2)c2ccc(C=NN(CCCCCCCCC)c3ccccc3)cc2)cc1)c1ccccc1. The number of para-hydroxylation sites is 3. The lowest BCUT2D eigenvalue weighted by Crippen LogP contribution is -2.18. The topological polar surface area (TPSA) is 34.4 Å². The molecule has 0 aliphatic carbocycles. The quantitative estimate of drug-likeness (QED) is 0.0340. The number of anilines is 5. The third-order valence-electron chi connectivity index (χ3n) is 10.1. The molecule has 5 rings (SSSR count). The van der Waals surface area contributed by atoms with E-state index in [-0.39, 0.29) is 0 Å². The molecule has 0 atom stereocenters. The van der Waals surface area contributed by atoms with E-state index in [4.69, 9.17) is 10.2 Å². The van der Waals surface area contributed by atoms with Crippen LogP contribution in [0.1, 0.15) is 115 Å². The summed E-state index contributed by atoms with van der Waals surface area (Å²) >= 11 is 0. The monoisotopic (exact) mass is 734 g/mol. The van der Waals surface area contributed by atoms with Crippen LogP contribution in [0.5, 0.6) is 0 Å². The average Bonchev–Trinajstić information content (AvgIpc) is 3.24. The fourth-order valence-corrected chi connectivity index (χ4v) is 6.86. The Kier molecular flexibility index (Phi) is 18.1. The Morgan fingerprint density at radius 1 is 0.345 bits per heavy atom. The van der Waals surface area contributed by atoms with Crippen molar-refractivity contribution in [1.29, 1.82) is 0 Å². The molecule has 5 heteroatoms. The fraction of sp³-hybridized carbons (Fsp3) is 0.360. The second-order valence-electron chi connectivity index (χ2n) is 14.5. The molecule has 5 aromatic rings. The normalized spacial score (nSPS) is 11.4. The Balaban J connectivity index is 1.26. The van der Waals surface area contributed by atoms with Gasteiger partial charge in [0.05, 0.1) is 23.8 Å². The van der Waals surface area contributed by atoms with Crippen LogP contribution in [0.25, 0.3) is 0 Å². The van der Waals surface area contributed by atoms with Crippen molar-refractivity contribution in [2.45, 2.75) is 104 Å². The Bertz CT molecular complexity index is 1660. The zero-order valence-corrected chi connectivity index (χ0v) is 33.5. The van der Waals surface area contributed by atoms with E-state index in [0.29, 0.717) is 0 Å². The second-order valence-corrected chi connectivity index (χ2v) is 14.5. The molecule has 0 saturated heterocycles. The highest BCUT2D eigenvalue weighted by Gasteiger charge is 2.13. The van der Waals surface area contributed by atoms with E-state index < -0.39 is 0 Å². The van der Waals surface area contributed by atoms with E-state index in [9.17, 15) is 0 Å². The maximum Gasteiger partial charge on any atom is 0.0593 e. The molecule has 0 saturated carbocycles. The van der Waals surface area contributed by atoms with Gasteiger partial charge in [0, 0.05) is 30.2 Å². The molecule has 0 aliphatic rings. The minimum absolute atomic E-state index is 0.915. The van der Waals surface area contributed by atoms with Crippen molar-refractivity contribution < 1.29 is 0 Å². The van der Waals surface area contributed by atoms with Gasteiger partial charge in [0.2, 0.25) is 0 Å². The molecule has 0 bridgehead atoms. The van der Waals surface area contributed by atoms with Crippen LogP contribution in [-0.4, -0.2) is 25.5 Å². The smallest absolute Gasteiger partial charge is 0.0593 e. The van der Waals surface area contributed by atoms with Crippen molar-refractivity contribution in [1.82, 2.24) is 0 Å². The number of benzene rings is 5. The first-order valence-corrected chi connectivity index (χ1v) is 21.0. The van der Waals surface area contributed by atoms with Gasteiger partial charge in [0.1, 0.15) is 0 Å². The predicted molar refractivity (Wildman–Crippen MR) is 240 cm³/mol. The van der Waals surface area contributed by atoms with Crippen LogP contribution >= 0.6 is 0 Å². The number of hydrazone groups is 2. The third-order valence-corrected chi connectivity index (χ3v) is 10.1. The molecule has 0 fully saturated rings. The summed E-state index contributed by atoms with van der Waals surface area (Å²) in [6.45, 7) is 6.38. The van der Waals surface area contributed by atoms with Crippen LogP contribution in [-0.2, 0) is 0 Å². The van der Waals surface area contributed by atoms with Crippen molar-refractivity contribution in [3.8, 4) is 0 Å². The number of rotatable bonds is 25. The molecular formula is C50H63N5. The molecule has 288 valence electrons. The highest BCUT2D eigenvalue weighted by molar-refractivity contribution is 5.85. The van der Waals surface area contributed by atoms with Crippen molar-refractivity contribution in [2.24, 2.45) is 10.2 Å². The van der Waals surface area contributed by atoms with Crippen molar-refractivity contribution >= 4 is 40.9 Å². The Morgan fingerprint density at radius 2 is 0.655 bits per heavy atom. The third kappa shape index (κ3) is 14.2. The molecule has 5 nitrogen and oxygen atoms in total. The van der Waals surface area contributed by atoms with Crippen LogP contribution < -0.4 is 14.9 Å². The van der Waals surface area contributed by atoms with Crippen LogP contribution in [0, 0.1) is 0 Å². The number of nitrogens with zero attached hydrogens (tertiary/aromatic N) is 5. The Labute approximate surface area is 332 Å². The average molecular weight is 734 g/mol. The number of hydrogen-bond acceptors (Lipinski definition) is 5. The van der Waals surface area contributed by atoms with Crippen LogP contribution in [0.15, 0.2) is 150 Å².